The van der Waals surface area contributed by atoms with Crippen molar-refractivity contribution in [1.82, 2.24) is 0 Å². The van der Waals surface area contributed by atoms with Crippen LogP contribution in [0.15, 0.2) is 0 Å². The van der Waals surface area contributed by atoms with Gasteiger partial charge >= 0.3 is 91.7 Å². The molecule has 14 heavy (non-hydrogen) atoms. The van der Waals surface area contributed by atoms with E-state index < -0.39 is 7.26 Å². The minimum atomic E-state index is -1.15. The molecule has 0 rings (SSSR count). The molecule has 0 radical (unpaired) electrons. The first kappa shape index (κ1) is 14.4. The van der Waals surface area contributed by atoms with E-state index in [9.17, 15) is 0 Å². The Labute approximate surface area is 92.2 Å². The molecule has 0 nitrogen and oxygen atoms in total. The summed E-state index contributed by atoms with van der Waals surface area (Å²) in [5.74, 6) is 0. The van der Waals surface area contributed by atoms with Gasteiger partial charge in [0.2, 0.25) is 0 Å². The summed E-state index contributed by atoms with van der Waals surface area (Å²) in [6.45, 7) is 19.6. The van der Waals surface area contributed by atoms with Crippen molar-refractivity contribution in [2.75, 3.05) is 6.16 Å². The van der Waals surface area contributed by atoms with E-state index in [1.54, 1.807) is 0 Å². The summed E-state index contributed by atoms with van der Waals surface area (Å²) < 4.78 is 0. The molecule has 0 fully saturated rings. The van der Waals surface area contributed by atoms with E-state index in [0.29, 0.717) is 5.16 Å². The molecule has 0 aliphatic carbocycles. The van der Waals surface area contributed by atoms with Gasteiger partial charge in [-0.25, -0.2) is 0 Å². The van der Waals surface area contributed by atoms with Crippen molar-refractivity contribution in [3.8, 4) is 0 Å². The maximum atomic E-state index is 2.50. The van der Waals surface area contributed by atoms with E-state index >= 15 is 0 Å². The second-order valence-corrected chi connectivity index (χ2v) is 12.4. The topological polar surface area (TPSA) is 0 Å². The first-order valence-corrected chi connectivity index (χ1v) is 8.62. The van der Waals surface area contributed by atoms with Gasteiger partial charge in [-0.2, -0.15) is 0 Å². The summed E-state index contributed by atoms with van der Waals surface area (Å²) in [5.41, 5.74) is 1.81. The summed E-state index contributed by atoms with van der Waals surface area (Å²) in [6, 6.07) is 0. The van der Waals surface area contributed by atoms with Crippen molar-refractivity contribution in [3.05, 3.63) is 0 Å². The fourth-order valence-corrected chi connectivity index (χ4v) is 11.6. The molecule has 0 aliphatic heterocycles. The third-order valence-corrected chi connectivity index (χ3v) is 13.0. The van der Waals surface area contributed by atoms with Crippen LogP contribution in [0.2, 0.25) is 0 Å². The third-order valence-electron chi connectivity index (χ3n) is 4.79. The molecule has 0 saturated carbocycles. The van der Waals surface area contributed by atoms with E-state index in [1.807, 2.05) is 0 Å². The van der Waals surface area contributed by atoms with Gasteiger partial charge in [-0.05, 0) is 0 Å². The predicted molar refractivity (Wildman–Crippen MR) is 73.5 cm³/mol. The van der Waals surface area contributed by atoms with Crippen LogP contribution in [0.1, 0.15) is 61.8 Å². The van der Waals surface area contributed by atoms with Crippen LogP contribution < -0.4 is 0 Å². The van der Waals surface area contributed by atoms with Gasteiger partial charge in [-0.3, -0.25) is 0 Å². The van der Waals surface area contributed by atoms with Crippen LogP contribution in [0.25, 0.3) is 0 Å². The summed E-state index contributed by atoms with van der Waals surface area (Å²) in [5, 5.41) is 0.587. The van der Waals surface area contributed by atoms with E-state index in [4.69, 9.17) is 0 Å². The molecule has 0 N–H and O–H groups in total. The zero-order chi connectivity index (χ0) is 11.6. The molecule has 0 heterocycles. The van der Waals surface area contributed by atoms with Crippen LogP contribution in [-0.2, 0) is 0 Å². The zero-order valence-electron chi connectivity index (χ0n) is 11.6. The number of hydrogen-bond donors (Lipinski definition) is 0. The molecule has 0 aromatic rings. The van der Waals surface area contributed by atoms with Gasteiger partial charge in [0.15, 0.2) is 0 Å². The normalized spacial score (nSPS) is 15.3. The average molecular weight is 218 g/mol. The Balaban J connectivity index is 5.25. The molecule has 0 aromatic heterocycles. The molecule has 0 amide bonds. The van der Waals surface area contributed by atoms with Crippen molar-refractivity contribution in [1.29, 1.82) is 0 Å². The molecule has 0 bridgehead atoms. The Hall–Kier alpha value is 0.430. The van der Waals surface area contributed by atoms with Crippen LogP contribution in [0.5, 0.6) is 0 Å². The summed E-state index contributed by atoms with van der Waals surface area (Å²) in [4.78, 5) is 0. The van der Waals surface area contributed by atoms with Gasteiger partial charge < -0.3 is 0 Å². The van der Waals surface area contributed by atoms with Crippen LogP contribution in [0.4, 0.5) is 0 Å². The standard InChI is InChI=1S/C13H31P/c1-9-13(7,8)14(10-2,11(3)4)12(5)6/h11-12,14H,9-10H2,1-8H3. The Kier molecular flexibility index (Phi) is 5.12. The van der Waals surface area contributed by atoms with Crippen molar-refractivity contribution in [2.45, 2.75) is 78.3 Å². The van der Waals surface area contributed by atoms with E-state index in [2.05, 4.69) is 55.4 Å². The summed E-state index contributed by atoms with van der Waals surface area (Å²) in [7, 11) is -1.15. The molecule has 0 aromatic carbocycles. The number of hydrogen-bond acceptors (Lipinski definition) is 0. The van der Waals surface area contributed by atoms with Crippen molar-refractivity contribution in [3.63, 3.8) is 0 Å². The van der Waals surface area contributed by atoms with Gasteiger partial charge in [-0.1, -0.05) is 0 Å². The Morgan fingerprint density at radius 2 is 1.29 bits per heavy atom. The quantitative estimate of drug-likeness (QED) is 0.583. The minimum absolute atomic E-state index is 0.587. The third kappa shape index (κ3) is 2.16. The zero-order valence-corrected chi connectivity index (χ0v) is 12.6. The van der Waals surface area contributed by atoms with Gasteiger partial charge in [-0.15, -0.1) is 0 Å². The Morgan fingerprint density at radius 1 is 0.929 bits per heavy atom. The van der Waals surface area contributed by atoms with E-state index in [1.165, 1.54) is 12.6 Å². The van der Waals surface area contributed by atoms with Crippen molar-refractivity contribution >= 4 is 7.26 Å². The van der Waals surface area contributed by atoms with Gasteiger partial charge in [0, 0.05) is 0 Å². The average Bonchev–Trinajstić information content (AvgIpc) is 2.04. The van der Waals surface area contributed by atoms with Crippen molar-refractivity contribution in [2.24, 2.45) is 0 Å². The monoisotopic (exact) mass is 218 g/mol. The maximum absolute atomic E-state index is 2.50. The van der Waals surface area contributed by atoms with Crippen LogP contribution in [0.3, 0.4) is 0 Å². The molecule has 88 valence electrons. The van der Waals surface area contributed by atoms with Gasteiger partial charge in [0.25, 0.3) is 0 Å². The first-order valence-electron chi connectivity index (χ1n) is 6.26. The van der Waals surface area contributed by atoms with Crippen molar-refractivity contribution < 1.29 is 0 Å². The van der Waals surface area contributed by atoms with Crippen LogP contribution in [0, 0.1) is 0 Å². The molecular weight excluding hydrogens is 187 g/mol. The molecule has 0 atom stereocenters. The number of rotatable bonds is 5. The molecule has 0 unspecified atom stereocenters. The fraction of sp³-hybridized carbons (Fsp3) is 1.00. The first-order chi connectivity index (χ1) is 6.26. The second-order valence-electron chi connectivity index (χ2n) is 5.94. The molecule has 1 heteroatoms. The predicted octanol–water partition coefficient (Wildman–Crippen LogP) is 4.76. The Bertz CT molecular complexity index is 160. The van der Waals surface area contributed by atoms with E-state index in [0.717, 1.165) is 11.3 Å². The molecule has 0 aliphatic rings. The fourth-order valence-electron chi connectivity index (χ4n) is 3.85. The van der Waals surface area contributed by atoms with Crippen LogP contribution in [-0.4, -0.2) is 22.6 Å². The molecular formula is C13H31P. The van der Waals surface area contributed by atoms with E-state index in [-0.39, 0.29) is 0 Å². The van der Waals surface area contributed by atoms with Crippen LogP contribution >= 0.6 is 7.26 Å². The second kappa shape index (κ2) is 4.97. The molecule has 0 spiro atoms. The van der Waals surface area contributed by atoms with Gasteiger partial charge in [0.1, 0.15) is 0 Å². The van der Waals surface area contributed by atoms with Gasteiger partial charge in [0.05, 0.1) is 0 Å². The molecule has 0 saturated heterocycles. The summed E-state index contributed by atoms with van der Waals surface area (Å²) >= 11 is 0. The summed E-state index contributed by atoms with van der Waals surface area (Å²) in [6.07, 6.45) is 2.77. The SMILES string of the molecule is CCC(C)(C)[PH](CC)(C(C)C)C(C)C. The Morgan fingerprint density at radius 3 is 1.36 bits per heavy atom.